The minimum atomic E-state index is 0.515. The van der Waals surface area contributed by atoms with Crippen LogP contribution in [-0.2, 0) is 7.05 Å². The summed E-state index contributed by atoms with van der Waals surface area (Å²) in [4.78, 5) is 4.26. The van der Waals surface area contributed by atoms with Gasteiger partial charge in [-0.15, -0.1) is 0 Å². The molecule has 2 atom stereocenters. The lowest BCUT2D eigenvalue weighted by atomic mass is 10.0. The fourth-order valence-electron chi connectivity index (χ4n) is 2.18. The average Bonchev–Trinajstić information content (AvgIpc) is 2.77. The van der Waals surface area contributed by atoms with Crippen LogP contribution in [0.4, 0.5) is 5.95 Å². The summed E-state index contributed by atoms with van der Waals surface area (Å²) in [6, 6.07) is 0.515. The Bertz CT molecular complexity index is 294. The highest BCUT2D eigenvalue weighted by molar-refractivity contribution is 5.28. The Morgan fingerprint density at radius 3 is 3.14 bits per heavy atom. The van der Waals surface area contributed by atoms with E-state index in [0.29, 0.717) is 12.0 Å². The fraction of sp³-hybridized carbons (Fsp3) is 0.700. The maximum Gasteiger partial charge on any atom is 0.202 e. The van der Waals surface area contributed by atoms with Crippen LogP contribution in [0.3, 0.4) is 0 Å². The second-order valence-corrected chi connectivity index (χ2v) is 4.04. The molecule has 1 aromatic rings. The number of nitrogens with one attached hydrogen (secondary N) is 1. The molecule has 3 N–H and O–H groups in total. The number of aryl methyl sites for hydroxylation is 1. The van der Waals surface area contributed by atoms with Crippen molar-refractivity contribution in [3.63, 3.8) is 0 Å². The summed E-state index contributed by atoms with van der Waals surface area (Å²) in [5, 5.41) is 3.46. The minimum Gasteiger partial charge on any atom is -0.353 e. The Kier molecular flexibility index (Phi) is 2.72. The SMILES string of the molecule is Cn1ccnc1NC1CCCC1CN. The van der Waals surface area contributed by atoms with Crippen molar-refractivity contribution in [2.75, 3.05) is 11.9 Å². The van der Waals surface area contributed by atoms with Crippen LogP contribution >= 0.6 is 0 Å². The van der Waals surface area contributed by atoms with Crippen molar-refractivity contribution in [3.05, 3.63) is 12.4 Å². The van der Waals surface area contributed by atoms with Crippen LogP contribution in [-0.4, -0.2) is 22.1 Å². The molecule has 0 radical (unpaired) electrons. The van der Waals surface area contributed by atoms with E-state index < -0.39 is 0 Å². The lowest BCUT2D eigenvalue weighted by molar-refractivity contribution is 0.512. The number of hydrogen-bond donors (Lipinski definition) is 2. The largest absolute Gasteiger partial charge is 0.353 e. The smallest absolute Gasteiger partial charge is 0.202 e. The first kappa shape index (κ1) is 9.52. The van der Waals surface area contributed by atoms with E-state index in [1.807, 2.05) is 24.0 Å². The van der Waals surface area contributed by atoms with Gasteiger partial charge in [0.05, 0.1) is 0 Å². The zero-order chi connectivity index (χ0) is 9.97. The Morgan fingerprint density at radius 1 is 1.64 bits per heavy atom. The van der Waals surface area contributed by atoms with Crippen LogP contribution in [0.5, 0.6) is 0 Å². The molecule has 2 rings (SSSR count). The summed E-state index contributed by atoms with van der Waals surface area (Å²) in [6.45, 7) is 0.780. The standard InChI is InChI=1S/C10H18N4/c1-14-6-5-12-10(14)13-9-4-2-3-8(9)7-11/h5-6,8-9H,2-4,7,11H2,1H3,(H,12,13). The van der Waals surface area contributed by atoms with E-state index in [2.05, 4.69) is 10.3 Å². The van der Waals surface area contributed by atoms with Gasteiger partial charge >= 0.3 is 0 Å². The Hall–Kier alpha value is -1.03. The molecule has 4 nitrogen and oxygen atoms in total. The average molecular weight is 194 g/mol. The van der Waals surface area contributed by atoms with Crippen molar-refractivity contribution >= 4 is 5.95 Å². The van der Waals surface area contributed by atoms with Crippen molar-refractivity contribution in [1.82, 2.24) is 9.55 Å². The normalized spacial score (nSPS) is 26.7. The Balaban J connectivity index is 2.00. The van der Waals surface area contributed by atoms with Gasteiger partial charge in [0, 0.05) is 25.5 Å². The van der Waals surface area contributed by atoms with E-state index in [0.717, 1.165) is 12.5 Å². The molecule has 1 fully saturated rings. The molecule has 78 valence electrons. The van der Waals surface area contributed by atoms with Gasteiger partial charge in [-0.1, -0.05) is 6.42 Å². The number of anilines is 1. The van der Waals surface area contributed by atoms with Gasteiger partial charge in [0.1, 0.15) is 0 Å². The molecule has 1 aliphatic carbocycles. The van der Waals surface area contributed by atoms with Crippen molar-refractivity contribution in [1.29, 1.82) is 0 Å². The summed E-state index contributed by atoms with van der Waals surface area (Å²) in [6.07, 6.45) is 7.51. The van der Waals surface area contributed by atoms with Gasteiger partial charge < -0.3 is 15.6 Å². The summed E-state index contributed by atoms with van der Waals surface area (Å²) in [5.74, 6) is 1.57. The van der Waals surface area contributed by atoms with Crippen molar-refractivity contribution in [2.45, 2.75) is 25.3 Å². The minimum absolute atomic E-state index is 0.515. The van der Waals surface area contributed by atoms with Gasteiger partial charge in [-0.3, -0.25) is 0 Å². The molecule has 1 aliphatic rings. The molecule has 0 spiro atoms. The quantitative estimate of drug-likeness (QED) is 0.753. The van der Waals surface area contributed by atoms with Gasteiger partial charge in [-0.05, 0) is 25.3 Å². The number of aromatic nitrogens is 2. The molecule has 0 aromatic carbocycles. The molecular formula is C10H18N4. The van der Waals surface area contributed by atoms with Crippen molar-refractivity contribution < 1.29 is 0 Å². The zero-order valence-electron chi connectivity index (χ0n) is 8.61. The number of imidazole rings is 1. The maximum atomic E-state index is 5.72. The van der Waals surface area contributed by atoms with E-state index in [1.165, 1.54) is 19.3 Å². The van der Waals surface area contributed by atoms with Gasteiger partial charge in [-0.25, -0.2) is 4.98 Å². The van der Waals surface area contributed by atoms with Crippen LogP contribution in [0.1, 0.15) is 19.3 Å². The fourth-order valence-corrected chi connectivity index (χ4v) is 2.18. The third-order valence-corrected chi connectivity index (χ3v) is 3.10. The van der Waals surface area contributed by atoms with Gasteiger partial charge in [0.2, 0.25) is 5.95 Å². The molecule has 0 saturated heterocycles. The van der Waals surface area contributed by atoms with Gasteiger partial charge in [-0.2, -0.15) is 0 Å². The monoisotopic (exact) mass is 194 g/mol. The third kappa shape index (κ3) is 1.75. The molecule has 14 heavy (non-hydrogen) atoms. The topological polar surface area (TPSA) is 55.9 Å². The van der Waals surface area contributed by atoms with Crippen LogP contribution in [0.25, 0.3) is 0 Å². The first-order chi connectivity index (χ1) is 6.81. The van der Waals surface area contributed by atoms with Gasteiger partial charge in [0.15, 0.2) is 0 Å². The van der Waals surface area contributed by atoms with Gasteiger partial charge in [0.25, 0.3) is 0 Å². The van der Waals surface area contributed by atoms with E-state index in [-0.39, 0.29) is 0 Å². The third-order valence-electron chi connectivity index (χ3n) is 3.10. The van der Waals surface area contributed by atoms with Crippen LogP contribution < -0.4 is 11.1 Å². The van der Waals surface area contributed by atoms with Crippen LogP contribution in [0.15, 0.2) is 12.4 Å². The highest BCUT2D eigenvalue weighted by Gasteiger charge is 2.26. The van der Waals surface area contributed by atoms with Crippen LogP contribution in [0.2, 0.25) is 0 Å². The van der Waals surface area contributed by atoms with E-state index in [4.69, 9.17) is 5.73 Å². The molecule has 2 unspecified atom stereocenters. The summed E-state index contributed by atoms with van der Waals surface area (Å²) in [5.41, 5.74) is 5.72. The van der Waals surface area contributed by atoms with E-state index in [9.17, 15) is 0 Å². The molecule has 0 amide bonds. The Morgan fingerprint density at radius 2 is 2.50 bits per heavy atom. The van der Waals surface area contributed by atoms with E-state index >= 15 is 0 Å². The summed E-state index contributed by atoms with van der Waals surface area (Å²) < 4.78 is 2.01. The molecule has 0 aliphatic heterocycles. The lowest BCUT2D eigenvalue weighted by Gasteiger charge is -2.19. The maximum absolute atomic E-state index is 5.72. The van der Waals surface area contributed by atoms with E-state index in [1.54, 1.807) is 0 Å². The number of hydrogen-bond acceptors (Lipinski definition) is 3. The predicted octanol–water partition coefficient (Wildman–Crippen LogP) is 0.959. The molecule has 0 bridgehead atoms. The second-order valence-electron chi connectivity index (χ2n) is 4.04. The number of nitrogens with zero attached hydrogens (tertiary/aromatic N) is 2. The first-order valence-electron chi connectivity index (χ1n) is 5.25. The Labute approximate surface area is 84.5 Å². The lowest BCUT2D eigenvalue weighted by Crippen LogP contribution is -2.30. The number of rotatable bonds is 3. The molecule has 4 heteroatoms. The molecule has 1 aromatic heterocycles. The first-order valence-corrected chi connectivity index (χ1v) is 5.25. The highest BCUT2D eigenvalue weighted by Crippen LogP contribution is 2.26. The molecule has 1 heterocycles. The van der Waals surface area contributed by atoms with Crippen molar-refractivity contribution in [2.24, 2.45) is 18.7 Å². The van der Waals surface area contributed by atoms with Crippen LogP contribution in [0, 0.1) is 5.92 Å². The molecular weight excluding hydrogens is 176 g/mol. The van der Waals surface area contributed by atoms with Crippen molar-refractivity contribution in [3.8, 4) is 0 Å². The zero-order valence-corrected chi connectivity index (χ0v) is 8.61. The number of nitrogens with two attached hydrogens (primary N) is 1. The second kappa shape index (κ2) is 4.00. The highest BCUT2D eigenvalue weighted by atomic mass is 15.2. The predicted molar refractivity (Wildman–Crippen MR) is 57.0 cm³/mol. The molecule has 1 saturated carbocycles. The summed E-state index contributed by atoms with van der Waals surface area (Å²) >= 11 is 0. The summed E-state index contributed by atoms with van der Waals surface area (Å²) in [7, 11) is 2.00.